The highest BCUT2D eigenvalue weighted by Crippen LogP contribution is 2.20. The van der Waals surface area contributed by atoms with Crippen LogP contribution in [0.5, 0.6) is 6.01 Å². The summed E-state index contributed by atoms with van der Waals surface area (Å²) in [5, 5.41) is 0. The maximum atomic E-state index is 12.8. The number of amides is 1. The molecule has 0 bridgehead atoms. The van der Waals surface area contributed by atoms with Crippen molar-refractivity contribution in [2.45, 2.75) is 30.3 Å². The number of halogens is 1. The Bertz CT molecular complexity index is 684. The number of nitrogens with zero attached hydrogens (tertiary/aromatic N) is 3. The van der Waals surface area contributed by atoms with E-state index in [1.807, 2.05) is 35.2 Å². The number of carbonyl (C=O) groups excluding carboxylic acids is 1. The van der Waals surface area contributed by atoms with Gasteiger partial charge in [0, 0.05) is 23.6 Å². The Morgan fingerprint density at radius 3 is 2.80 bits per heavy atom. The largest absolute Gasteiger partial charge is 0.458 e. The molecule has 1 unspecified atom stereocenters. The summed E-state index contributed by atoms with van der Waals surface area (Å²) >= 11 is 1.68. The number of benzene rings is 1. The Morgan fingerprint density at radius 2 is 2.04 bits per heavy atom. The molecule has 1 aliphatic heterocycles. The SMILES string of the molecule is O=C(CCSc1ccccc1)N1CCCC(Oc2ncc(F)cn2)C1. The molecule has 5 nitrogen and oxygen atoms in total. The van der Waals surface area contributed by atoms with Crippen molar-refractivity contribution >= 4 is 17.7 Å². The van der Waals surface area contributed by atoms with Crippen LogP contribution in [0.3, 0.4) is 0 Å². The Hall–Kier alpha value is -2.15. The second-order valence-electron chi connectivity index (χ2n) is 5.82. The van der Waals surface area contributed by atoms with Crippen molar-refractivity contribution in [1.29, 1.82) is 0 Å². The molecule has 1 atom stereocenters. The van der Waals surface area contributed by atoms with Gasteiger partial charge in [-0.05, 0) is 25.0 Å². The van der Waals surface area contributed by atoms with E-state index in [0.29, 0.717) is 13.0 Å². The maximum absolute atomic E-state index is 12.8. The summed E-state index contributed by atoms with van der Waals surface area (Å²) in [7, 11) is 0. The van der Waals surface area contributed by atoms with E-state index in [0.717, 1.165) is 37.5 Å². The van der Waals surface area contributed by atoms with Crippen LogP contribution < -0.4 is 4.74 Å². The fourth-order valence-electron chi connectivity index (χ4n) is 2.70. The lowest BCUT2D eigenvalue weighted by Crippen LogP contribution is -2.44. The van der Waals surface area contributed by atoms with E-state index >= 15 is 0 Å². The number of ether oxygens (including phenoxy) is 1. The van der Waals surface area contributed by atoms with Gasteiger partial charge in [-0.1, -0.05) is 18.2 Å². The molecule has 132 valence electrons. The first-order valence-corrected chi connectivity index (χ1v) is 9.29. The van der Waals surface area contributed by atoms with E-state index in [4.69, 9.17) is 4.74 Å². The number of piperidine rings is 1. The topological polar surface area (TPSA) is 55.3 Å². The Balaban J connectivity index is 1.45. The van der Waals surface area contributed by atoms with Crippen LogP contribution >= 0.6 is 11.8 Å². The lowest BCUT2D eigenvalue weighted by Gasteiger charge is -2.32. The molecule has 7 heteroatoms. The van der Waals surface area contributed by atoms with E-state index in [-0.39, 0.29) is 18.0 Å². The number of hydrogen-bond acceptors (Lipinski definition) is 5. The molecule has 1 aromatic carbocycles. The molecule has 25 heavy (non-hydrogen) atoms. The molecule has 3 rings (SSSR count). The number of carbonyl (C=O) groups is 1. The van der Waals surface area contributed by atoms with Gasteiger partial charge in [-0.3, -0.25) is 4.79 Å². The first-order valence-electron chi connectivity index (χ1n) is 8.30. The number of thioether (sulfide) groups is 1. The number of aromatic nitrogens is 2. The Kier molecular flexibility index (Phi) is 6.22. The summed E-state index contributed by atoms with van der Waals surface area (Å²) in [5.41, 5.74) is 0. The van der Waals surface area contributed by atoms with Gasteiger partial charge in [-0.2, -0.15) is 0 Å². The smallest absolute Gasteiger partial charge is 0.316 e. The average Bonchev–Trinajstić information content (AvgIpc) is 2.65. The molecule has 2 aromatic rings. The Labute approximate surface area is 150 Å². The van der Waals surface area contributed by atoms with Crippen molar-refractivity contribution in [3.8, 4) is 6.01 Å². The van der Waals surface area contributed by atoms with Crippen molar-refractivity contribution in [3.05, 3.63) is 48.5 Å². The lowest BCUT2D eigenvalue weighted by molar-refractivity contribution is -0.133. The molecule has 1 amide bonds. The van der Waals surface area contributed by atoms with E-state index in [2.05, 4.69) is 9.97 Å². The van der Waals surface area contributed by atoms with Gasteiger partial charge in [0.05, 0.1) is 18.9 Å². The van der Waals surface area contributed by atoms with Gasteiger partial charge < -0.3 is 9.64 Å². The minimum Gasteiger partial charge on any atom is -0.458 e. The first-order chi connectivity index (χ1) is 12.2. The predicted octanol–water partition coefficient (Wildman–Crippen LogP) is 3.17. The summed E-state index contributed by atoms with van der Waals surface area (Å²) in [6.07, 6.45) is 4.22. The molecular weight excluding hydrogens is 341 g/mol. The van der Waals surface area contributed by atoms with Gasteiger partial charge in [0.25, 0.3) is 0 Å². The average molecular weight is 361 g/mol. The zero-order valence-corrected chi connectivity index (χ0v) is 14.6. The zero-order chi connectivity index (χ0) is 17.5. The second-order valence-corrected chi connectivity index (χ2v) is 6.99. The number of hydrogen-bond donors (Lipinski definition) is 0. The Morgan fingerprint density at radius 1 is 1.28 bits per heavy atom. The molecule has 0 N–H and O–H groups in total. The van der Waals surface area contributed by atoms with Crippen LogP contribution in [-0.4, -0.2) is 45.7 Å². The molecular formula is C18H20FN3O2S. The van der Waals surface area contributed by atoms with Crippen LogP contribution in [0.4, 0.5) is 4.39 Å². The van der Waals surface area contributed by atoms with E-state index < -0.39 is 5.82 Å². The summed E-state index contributed by atoms with van der Waals surface area (Å²) in [6, 6.07) is 10.2. The van der Waals surface area contributed by atoms with Gasteiger partial charge in [0.1, 0.15) is 6.10 Å². The molecule has 0 saturated carbocycles. The number of likely N-dealkylation sites (tertiary alicyclic amines) is 1. The summed E-state index contributed by atoms with van der Waals surface area (Å²) < 4.78 is 18.5. The van der Waals surface area contributed by atoms with Gasteiger partial charge in [-0.15, -0.1) is 11.8 Å². The van der Waals surface area contributed by atoms with Gasteiger partial charge in [0.2, 0.25) is 5.91 Å². The van der Waals surface area contributed by atoms with E-state index in [1.165, 1.54) is 4.90 Å². The van der Waals surface area contributed by atoms with Crippen molar-refractivity contribution < 1.29 is 13.9 Å². The standard InChI is InChI=1S/C18H20FN3O2S/c19-14-11-20-18(21-12-14)24-15-5-4-9-22(13-15)17(23)8-10-25-16-6-2-1-3-7-16/h1-3,6-7,11-12,15H,4-5,8-10,13H2. The lowest BCUT2D eigenvalue weighted by atomic mass is 10.1. The molecule has 1 fully saturated rings. The summed E-state index contributed by atoms with van der Waals surface area (Å²) in [5.74, 6) is 0.395. The minimum absolute atomic E-state index is 0.136. The second kappa shape index (κ2) is 8.80. The van der Waals surface area contributed by atoms with Gasteiger partial charge >= 0.3 is 6.01 Å². The third-order valence-corrected chi connectivity index (χ3v) is 4.94. The van der Waals surface area contributed by atoms with Crippen molar-refractivity contribution in [3.63, 3.8) is 0 Å². The van der Waals surface area contributed by atoms with Crippen LogP contribution in [0, 0.1) is 5.82 Å². The molecule has 1 aliphatic rings. The molecule has 0 aliphatic carbocycles. The van der Waals surface area contributed by atoms with E-state index in [9.17, 15) is 9.18 Å². The summed E-state index contributed by atoms with van der Waals surface area (Å²) in [4.78, 5) is 23.0. The minimum atomic E-state index is -0.497. The summed E-state index contributed by atoms with van der Waals surface area (Å²) in [6.45, 7) is 1.27. The quantitative estimate of drug-likeness (QED) is 0.740. The van der Waals surface area contributed by atoms with Crippen LogP contribution in [-0.2, 0) is 4.79 Å². The van der Waals surface area contributed by atoms with Crippen LogP contribution in [0.15, 0.2) is 47.6 Å². The molecule has 1 saturated heterocycles. The van der Waals surface area contributed by atoms with Crippen LogP contribution in [0.1, 0.15) is 19.3 Å². The van der Waals surface area contributed by atoms with E-state index in [1.54, 1.807) is 11.8 Å². The monoisotopic (exact) mass is 361 g/mol. The third-order valence-electron chi connectivity index (χ3n) is 3.93. The van der Waals surface area contributed by atoms with Gasteiger partial charge in [0.15, 0.2) is 5.82 Å². The van der Waals surface area contributed by atoms with Crippen LogP contribution in [0.2, 0.25) is 0 Å². The maximum Gasteiger partial charge on any atom is 0.316 e. The highest BCUT2D eigenvalue weighted by molar-refractivity contribution is 7.99. The molecule has 1 aromatic heterocycles. The first kappa shape index (κ1) is 17.7. The van der Waals surface area contributed by atoms with Crippen molar-refractivity contribution in [2.75, 3.05) is 18.8 Å². The predicted molar refractivity (Wildman–Crippen MR) is 94.0 cm³/mol. The van der Waals surface area contributed by atoms with Crippen molar-refractivity contribution in [2.24, 2.45) is 0 Å². The fraction of sp³-hybridized carbons (Fsp3) is 0.389. The van der Waals surface area contributed by atoms with Crippen molar-refractivity contribution in [1.82, 2.24) is 14.9 Å². The normalized spacial score (nSPS) is 17.3. The number of rotatable bonds is 6. The fourth-order valence-corrected chi connectivity index (χ4v) is 3.56. The highest BCUT2D eigenvalue weighted by Gasteiger charge is 2.25. The highest BCUT2D eigenvalue weighted by atomic mass is 32.2. The molecule has 2 heterocycles. The molecule has 0 radical (unpaired) electrons. The third kappa shape index (κ3) is 5.42. The zero-order valence-electron chi connectivity index (χ0n) is 13.8. The van der Waals surface area contributed by atoms with Crippen LogP contribution in [0.25, 0.3) is 0 Å². The molecule has 0 spiro atoms. The van der Waals surface area contributed by atoms with Gasteiger partial charge in [-0.25, -0.2) is 14.4 Å².